The maximum atomic E-state index is 6.25. The lowest BCUT2D eigenvalue weighted by Gasteiger charge is -2.47. The quantitative estimate of drug-likeness (QED) is 0.652. The van der Waals surface area contributed by atoms with Gasteiger partial charge >= 0.3 is 0 Å². The molecule has 0 N–H and O–H groups in total. The number of nitrogens with zero attached hydrogens (tertiary/aromatic N) is 1. The zero-order chi connectivity index (χ0) is 18.2. The second kappa shape index (κ2) is 6.92. The molecule has 3 heteroatoms. The molecule has 2 aromatic rings. The number of rotatable bonds is 4. The molecule has 1 aliphatic heterocycles. The summed E-state index contributed by atoms with van der Waals surface area (Å²) in [6.45, 7) is 12.6. The van der Waals surface area contributed by atoms with Gasteiger partial charge in [0.15, 0.2) is 0 Å². The second-order valence-electron chi connectivity index (χ2n) is 7.85. The smallest absolute Gasteiger partial charge is 0.120 e. The molecular weight excluding hydrogens is 330 g/mol. The van der Waals surface area contributed by atoms with Crippen LogP contribution in [0, 0.1) is 13.8 Å². The fourth-order valence-electron chi connectivity index (χ4n) is 4.11. The van der Waals surface area contributed by atoms with Crippen LogP contribution in [0.3, 0.4) is 0 Å². The van der Waals surface area contributed by atoms with Gasteiger partial charge in [-0.25, -0.2) is 0 Å². The minimum Gasteiger partial charge on any atom is -0.492 e. The standard InChI is InChI=1S/C22H28ClNO/c1-15-12-18(13-16(2)21(15)23)25-11-10-24-20-9-7-6-8-19(20)17(3)14-22(24,4)5/h6-9,12-13,17H,10-11,14H2,1-5H3. The Kier molecular flexibility index (Phi) is 5.02. The molecule has 0 amide bonds. The molecule has 0 saturated carbocycles. The number of aryl methyl sites for hydroxylation is 2. The predicted octanol–water partition coefficient (Wildman–Crippen LogP) is 6.13. The molecule has 1 aliphatic rings. The maximum absolute atomic E-state index is 6.25. The summed E-state index contributed by atoms with van der Waals surface area (Å²) >= 11 is 6.25. The number of halogens is 1. The van der Waals surface area contributed by atoms with Crippen LogP contribution in [-0.2, 0) is 0 Å². The van der Waals surface area contributed by atoms with Gasteiger partial charge in [-0.15, -0.1) is 0 Å². The van der Waals surface area contributed by atoms with Crippen molar-refractivity contribution in [3.63, 3.8) is 0 Å². The Morgan fingerprint density at radius 1 is 1.16 bits per heavy atom. The van der Waals surface area contributed by atoms with Crippen molar-refractivity contribution in [2.75, 3.05) is 18.1 Å². The van der Waals surface area contributed by atoms with E-state index >= 15 is 0 Å². The van der Waals surface area contributed by atoms with E-state index in [9.17, 15) is 0 Å². The first-order valence-corrected chi connectivity index (χ1v) is 9.43. The third-order valence-corrected chi connectivity index (χ3v) is 5.88. The molecule has 0 spiro atoms. The molecule has 25 heavy (non-hydrogen) atoms. The molecule has 0 aliphatic carbocycles. The lowest BCUT2D eigenvalue weighted by molar-refractivity contribution is 0.294. The van der Waals surface area contributed by atoms with E-state index < -0.39 is 0 Å². The molecular formula is C22H28ClNO. The average Bonchev–Trinajstić information content (AvgIpc) is 2.55. The van der Waals surface area contributed by atoms with Crippen molar-refractivity contribution in [3.8, 4) is 5.75 Å². The van der Waals surface area contributed by atoms with Crippen LogP contribution in [0.15, 0.2) is 36.4 Å². The zero-order valence-electron chi connectivity index (χ0n) is 15.9. The first-order valence-electron chi connectivity index (χ1n) is 9.06. The fourth-order valence-corrected chi connectivity index (χ4v) is 4.22. The van der Waals surface area contributed by atoms with Crippen molar-refractivity contribution >= 4 is 17.3 Å². The van der Waals surface area contributed by atoms with Crippen LogP contribution in [0.5, 0.6) is 5.75 Å². The van der Waals surface area contributed by atoms with Crippen molar-refractivity contribution in [3.05, 3.63) is 58.1 Å². The minimum atomic E-state index is 0.128. The molecule has 3 rings (SSSR count). The second-order valence-corrected chi connectivity index (χ2v) is 8.23. The monoisotopic (exact) mass is 357 g/mol. The first kappa shape index (κ1) is 18.1. The lowest BCUT2D eigenvalue weighted by atomic mass is 9.80. The molecule has 2 aromatic carbocycles. The molecule has 134 valence electrons. The van der Waals surface area contributed by atoms with E-state index in [-0.39, 0.29) is 5.54 Å². The molecule has 0 radical (unpaired) electrons. The molecule has 1 atom stereocenters. The number of para-hydroxylation sites is 1. The highest BCUT2D eigenvalue weighted by molar-refractivity contribution is 6.32. The van der Waals surface area contributed by atoms with E-state index in [0.717, 1.165) is 34.9 Å². The Labute approximate surface area is 156 Å². The average molecular weight is 358 g/mol. The largest absolute Gasteiger partial charge is 0.492 e. The Morgan fingerprint density at radius 3 is 2.48 bits per heavy atom. The molecule has 1 heterocycles. The van der Waals surface area contributed by atoms with Crippen LogP contribution in [0.1, 0.15) is 49.8 Å². The topological polar surface area (TPSA) is 12.5 Å². The summed E-state index contributed by atoms with van der Waals surface area (Å²) in [5.41, 5.74) is 5.05. The van der Waals surface area contributed by atoms with Gasteiger partial charge in [-0.05, 0) is 74.9 Å². The van der Waals surface area contributed by atoms with E-state index in [2.05, 4.69) is 49.9 Å². The predicted molar refractivity (Wildman–Crippen MR) is 107 cm³/mol. The number of benzene rings is 2. The molecule has 0 bridgehead atoms. The van der Waals surface area contributed by atoms with Gasteiger partial charge in [0.05, 0.1) is 6.54 Å². The number of anilines is 1. The summed E-state index contributed by atoms with van der Waals surface area (Å²) in [5.74, 6) is 1.49. The van der Waals surface area contributed by atoms with E-state index in [1.54, 1.807) is 0 Å². The van der Waals surface area contributed by atoms with Gasteiger partial charge in [-0.3, -0.25) is 0 Å². The van der Waals surface area contributed by atoms with E-state index in [0.29, 0.717) is 12.5 Å². The van der Waals surface area contributed by atoms with Crippen LogP contribution in [0.4, 0.5) is 5.69 Å². The molecule has 1 unspecified atom stereocenters. The van der Waals surface area contributed by atoms with Gasteiger partial charge in [0.2, 0.25) is 0 Å². The Morgan fingerprint density at radius 2 is 1.80 bits per heavy atom. The molecule has 0 fully saturated rings. The fraction of sp³-hybridized carbons (Fsp3) is 0.455. The van der Waals surface area contributed by atoms with Gasteiger partial charge in [-0.1, -0.05) is 36.7 Å². The molecule has 0 saturated heterocycles. The van der Waals surface area contributed by atoms with Gasteiger partial charge in [0.25, 0.3) is 0 Å². The number of fused-ring (bicyclic) bond motifs is 1. The molecule has 2 nitrogen and oxygen atoms in total. The van der Waals surface area contributed by atoms with E-state index in [1.165, 1.54) is 11.3 Å². The highest BCUT2D eigenvalue weighted by atomic mass is 35.5. The third-order valence-electron chi connectivity index (χ3n) is 5.29. The summed E-state index contributed by atoms with van der Waals surface area (Å²) in [5, 5.41) is 0.826. The Balaban J connectivity index is 1.75. The van der Waals surface area contributed by atoms with Crippen LogP contribution in [-0.4, -0.2) is 18.7 Å². The summed E-state index contributed by atoms with van der Waals surface area (Å²) in [7, 11) is 0. The minimum absolute atomic E-state index is 0.128. The Bertz CT molecular complexity index is 745. The van der Waals surface area contributed by atoms with Gasteiger partial charge in [0.1, 0.15) is 12.4 Å². The van der Waals surface area contributed by atoms with Crippen molar-refractivity contribution in [1.82, 2.24) is 0 Å². The van der Waals surface area contributed by atoms with Crippen molar-refractivity contribution in [2.24, 2.45) is 0 Å². The van der Waals surface area contributed by atoms with Gasteiger partial charge < -0.3 is 9.64 Å². The summed E-state index contributed by atoms with van der Waals surface area (Å²) in [6, 6.07) is 12.8. The van der Waals surface area contributed by atoms with Crippen LogP contribution < -0.4 is 9.64 Å². The van der Waals surface area contributed by atoms with Crippen LogP contribution in [0.25, 0.3) is 0 Å². The van der Waals surface area contributed by atoms with E-state index in [4.69, 9.17) is 16.3 Å². The lowest BCUT2D eigenvalue weighted by Crippen LogP contribution is -2.50. The maximum Gasteiger partial charge on any atom is 0.120 e. The van der Waals surface area contributed by atoms with Crippen LogP contribution in [0.2, 0.25) is 5.02 Å². The summed E-state index contributed by atoms with van der Waals surface area (Å²) in [6.07, 6.45) is 1.16. The highest BCUT2D eigenvalue weighted by Gasteiger charge is 2.35. The van der Waals surface area contributed by atoms with Crippen molar-refractivity contribution in [1.29, 1.82) is 0 Å². The van der Waals surface area contributed by atoms with E-state index in [1.807, 2.05) is 26.0 Å². The normalized spacial score (nSPS) is 18.8. The summed E-state index contributed by atoms with van der Waals surface area (Å²) in [4.78, 5) is 2.50. The highest BCUT2D eigenvalue weighted by Crippen LogP contribution is 2.42. The van der Waals surface area contributed by atoms with Crippen molar-refractivity contribution < 1.29 is 4.74 Å². The van der Waals surface area contributed by atoms with Gasteiger partial charge in [-0.2, -0.15) is 0 Å². The third kappa shape index (κ3) is 3.64. The first-order chi connectivity index (χ1) is 11.8. The van der Waals surface area contributed by atoms with Crippen molar-refractivity contribution in [2.45, 2.75) is 52.5 Å². The van der Waals surface area contributed by atoms with Gasteiger partial charge in [0, 0.05) is 16.2 Å². The number of hydrogen-bond donors (Lipinski definition) is 0. The number of ether oxygens (including phenoxy) is 1. The SMILES string of the molecule is Cc1cc(OCCN2c3ccccc3C(C)CC2(C)C)cc(C)c1Cl. The Hall–Kier alpha value is -1.67. The zero-order valence-corrected chi connectivity index (χ0v) is 16.7. The number of hydrogen-bond acceptors (Lipinski definition) is 2. The molecule has 0 aromatic heterocycles. The van der Waals surface area contributed by atoms with Crippen LogP contribution >= 0.6 is 11.6 Å². The summed E-state index contributed by atoms with van der Waals surface area (Å²) < 4.78 is 6.06.